The molecule has 0 spiro atoms. The minimum atomic E-state index is -4.47. The molecule has 5 rings (SSSR count). The van der Waals surface area contributed by atoms with Crippen LogP contribution in [0.3, 0.4) is 0 Å². The molecule has 13 heteroatoms. The fourth-order valence-electron chi connectivity index (χ4n) is 5.15. The normalized spacial score (nSPS) is 15.2. The van der Waals surface area contributed by atoms with E-state index in [9.17, 15) is 21.6 Å². The van der Waals surface area contributed by atoms with Crippen molar-refractivity contribution in [3.05, 3.63) is 59.2 Å². The van der Waals surface area contributed by atoms with E-state index in [-0.39, 0.29) is 28.9 Å². The number of aromatic amines is 1. The van der Waals surface area contributed by atoms with Crippen LogP contribution in [0.4, 0.5) is 18.9 Å². The first-order valence-electron chi connectivity index (χ1n) is 12.8. The second-order valence-electron chi connectivity index (χ2n) is 10.1. The molecule has 1 aromatic carbocycles. The molecule has 1 aliphatic carbocycles. The number of pyridine rings is 1. The van der Waals surface area contributed by atoms with Gasteiger partial charge in [-0.05, 0) is 57.1 Å². The number of benzene rings is 1. The van der Waals surface area contributed by atoms with E-state index in [4.69, 9.17) is 4.74 Å². The Labute approximate surface area is 235 Å². The van der Waals surface area contributed by atoms with Gasteiger partial charge in [0.05, 0.1) is 53.8 Å². The predicted octanol–water partition coefficient (Wildman–Crippen LogP) is 4.25. The van der Waals surface area contributed by atoms with E-state index in [1.54, 1.807) is 18.3 Å². The number of methoxy groups -OCH3 is 1. The lowest BCUT2D eigenvalue weighted by Gasteiger charge is -2.17. The first-order valence-corrected chi connectivity index (χ1v) is 14.7. The third-order valence-electron chi connectivity index (χ3n) is 7.07. The summed E-state index contributed by atoms with van der Waals surface area (Å²) < 4.78 is 71.3. The maximum Gasteiger partial charge on any atom is 0.394 e. The average Bonchev–Trinajstić information content (AvgIpc) is 3.59. The summed E-state index contributed by atoms with van der Waals surface area (Å²) in [5.74, 6) is 5.94. The Hall–Kier alpha value is -4.02. The SMILES string of the molecule is COc1cc(S(C)(=O)=O)ccc1NCC#Cc1nc2c(-c3n[nH]c4c3CC[C@@H]4N(C)C)cccn2c1CC(F)(F)F. The summed E-state index contributed by atoms with van der Waals surface area (Å²) in [7, 11) is 1.98. The molecule has 0 radical (unpaired) electrons. The van der Waals surface area contributed by atoms with Crippen LogP contribution in [0.1, 0.15) is 35.1 Å². The van der Waals surface area contributed by atoms with Crippen molar-refractivity contribution in [3.63, 3.8) is 0 Å². The molecule has 4 aromatic rings. The summed E-state index contributed by atoms with van der Waals surface area (Å²) in [5, 5.41) is 10.7. The molecule has 0 aliphatic heterocycles. The van der Waals surface area contributed by atoms with Gasteiger partial charge in [0, 0.05) is 29.6 Å². The Bertz CT molecular complexity index is 1780. The lowest BCUT2D eigenvalue weighted by molar-refractivity contribution is -0.128. The third kappa shape index (κ3) is 5.75. The van der Waals surface area contributed by atoms with Gasteiger partial charge in [-0.3, -0.25) is 5.10 Å². The molecule has 0 saturated heterocycles. The summed E-state index contributed by atoms with van der Waals surface area (Å²) in [5.41, 5.74) is 4.18. The molecule has 0 bridgehead atoms. The van der Waals surface area contributed by atoms with Crippen LogP contribution in [0.15, 0.2) is 41.4 Å². The van der Waals surface area contributed by atoms with Gasteiger partial charge in [-0.2, -0.15) is 18.3 Å². The van der Waals surface area contributed by atoms with Gasteiger partial charge >= 0.3 is 6.18 Å². The monoisotopic (exact) mass is 586 g/mol. The largest absolute Gasteiger partial charge is 0.495 e. The molecule has 9 nitrogen and oxygen atoms in total. The van der Waals surface area contributed by atoms with Crippen LogP contribution in [-0.2, 0) is 22.7 Å². The number of ether oxygens (including phenoxy) is 1. The van der Waals surface area contributed by atoms with Crippen LogP contribution in [0, 0.1) is 11.8 Å². The molecule has 0 saturated carbocycles. The van der Waals surface area contributed by atoms with Gasteiger partial charge in [0.2, 0.25) is 0 Å². The number of hydrogen-bond acceptors (Lipinski definition) is 7. The fraction of sp³-hybridized carbons (Fsp3) is 0.357. The molecule has 1 aliphatic rings. The van der Waals surface area contributed by atoms with E-state index in [0.29, 0.717) is 28.3 Å². The summed E-state index contributed by atoms with van der Waals surface area (Å²) in [6.07, 6.45) is -1.29. The molecular formula is C28H29F3N6O3S. The van der Waals surface area contributed by atoms with E-state index < -0.39 is 22.4 Å². The molecule has 41 heavy (non-hydrogen) atoms. The Kier molecular flexibility index (Phi) is 7.48. The van der Waals surface area contributed by atoms with Crippen molar-refractivity contribution in [2.45, 2.75) is 36.4 Å². The van der Waals surface area contributed by atoms with Crippen LogP contribution in [-0.4, -0.2) is 73.1 Å². The summed E-state index contributed by atoms with van der Waals surface area (Å²) >= 11 is 0. The highest BCUT2D eigenvalue weighted by atomic mass is 32.2. The molecule has 3 heterocycles. The summed E-state index contributed by atoms with van der Waals surface area (Å²) in [6.45, 7) is 0.0551. The smallest absolute Gasteiger partial charge is 0.394 e. The van der Waals surface area contributed by atoms with E-state index in [1.165, 1.54) is 23.6 Å². The molecule has 1 atom stereocenters. The Balaban J connectivity index is 1.49. The van der Waals surface area contributed by atoms with Gasteiger partial charge in [0.1, 0.15) is 17.1 Å². The third-order valence-corrected chi connectivity index (χ3v) is 8.18. The van der Waals surface area contributed by atoms with Crippen molar-refractivity contribution >= 4 is 21.2 Å². The number of alkyl halides is 3. The fourth-order valence-corrected chi connectivity index (χ4v) is 5.78. The number of aromatic nitrogens is 4. The van der Waals surface area contributed by atoms with Crippen molar-refractivity contribution in [3.8, 4) is 28.8 Å². The van der Waals surface area contributed by atoms with Crippen molar-refractivity contribution < 1.29 is 26.3 Å². The van der Waals surface area contributed by atoms with Crippen molar-refractivity contribution in [1.29, 1.82) is 0 Å². The zero-order valence-corrected chi connectivity index (χ0v) is 23.7. The molecule has 2 N–H and O–H groups in total. The highest BCUT2D eigenvalue weighted by Gasteiger charge is 2.33. The average molecular weight is 587 g/mol. The van der Waals surface area contributed by atoms with Crippen LogP contribution in [0.2, 0.25) is 0 Å². The van der Waals surface area contributed by atoms with E-state index in [2.05, 4.69) is 37.2 Å². The Morgan fingerprint density at radius 1 is 1.27 bits per heavy atom. The topological polar surface area (TPSA) is 105 Å². The van der Waals surface area contributed by atoms with E-state index in [0.717, 1.165) is 30.4 Å². The number of rotatable bonds is 7. The second kappa shape index (κ2) is 10.8. The Morgan fingerprint density at radius 2 is 2.05 bits per heavy atom. The standard InChI is InChI=1S/C28H29F3N6O3S/c1-36(2)22-12-10-18-25(34-35-26(18)22)19-7-6-14-37-23(16-28(29,30)31)20(33-27(19)37)8-5-13-32-21-11-9-17(41(4,38)39)15-24(21)40-3/h6-7,9,11,14-15,22,32H,10,12-13,16H2,1-4H3,(H,34,35)/t22-/m0/s1. The maximum atomic E-state index is 13.6. The highest BCUT2D eigenvalue weighted by molar-refractivity contribution is 7.90. The number of nitrogens with one attached hydrogen (secondary N) is 2. The number of H-pyrrole nitrogens is 1. The van der Waals surface area contributed by atoms with Crippen LogP contribution in [0.5, 0.6) is 5.75 Å². The lowest BCUT2D eigenvalue weighted by Crippen LogP contribution is -2.17. The van der Waals surface area contributed by atoms with Crippen molar-refractivity contribution in [1.82, 2.24) is 24.5 Å². The Morgan fingerprint density at radius 3 is 2.73 bits per heavy atom. The van der Waals surface area contributed by atoms with Crippen LogP contribution < -0.4 is 10.1 Å². The van der Waals surface area contributed by atoms with Crippen molar-refractivity contribution in [2.75, 3.05) is 39.3 Å². The molecule has 216 valence electrons. The molecule has 3 aromatic heterocycles. The van der Waals surface area contributed by atoms with Crippen molar-refractivity contribution in [2.24, 2.45) is 0 Å². The van der Waals surface area contributed by atoms with Gasteiger partial charge < -0.3 is 19.4 Å². The lowest BCUT2D eigenvalue weighted by atomic mass is 10.1. The number of anilines is 1. The number of halogens is 3. The number of hydrogen-bond donors (Lipinski definition) is 2. The number of imidazole rings is 1. The van der Waals surface area contributed by atoms with Gasteiger partial charge in [0.15, 0.2) is 9.84 Å². The number of sulfone groups is 1. The first kappa shape index (κ1) is 28.5. The maximum absolute atomic E-state index is 13.6. The minimum Gasteiger partial charge on any atom is -0.495 e. The zero-order chi connectivity index (χ0) is 29.5. The van der Waals surface area contributed by atoms with Gasteiger partial charge in [-0.25, -0.2) is 13.4 Å². The second-order valence-corrected chi connectivity index (χ2v) is 12.1. The predicted molar refractivity (Wildman–Crippen MR) is 149 cm³/mol. The van der Waals surface area contributed by atoms with Gasteiger partial charge in [-0.1, -0.05) is 5.92 Å². The summed E-state index contributed by atoms with van der Waals surface area (Å²) in [4.78, 5) is 6.77. The zero-order valence-electron chi connectivity index (χ0n) is 22.9. The minimum absolute atomic E-state index is 0.0225. The van der Waals surface area contributed by atoms with Crippen LogP contribution >= 0.6 is 0 Å². The van der Waals surface area contributed by atoms with Crippen LogP contribution in [0.25, 0.3) is 16.9 Å². The highest BCUT2D eigenvalue weighted by Crippen LogP contribution is 2.39. The molecule has 0 fully saturated rings. The van der Waals surface area contributed by atoms with E-state index in [1.807, 2.05) is 20.2 Å². The first-order chi connectivity index (χ1) is 19.4. The molecule has 0 amide bonds. The number of nitrogens with zero attached hydrogens (tertiary/aromatic N) is 4. The van der Waals surface area contributed by atoms with Gasteiger partial charge in [0.25, 0.3) is 0 Å². The van der Waals surface area contributed by atoms with Gasteiger partial charge in [-0.15, -0.1) is 0 Å². The quantitative estimate of drug-likeness (QED) is 0.312. The number of fused-ring (bicyclic) bond motifs is 2. The molecular weight excluding hydrogens is 557 g/mol. The summed E-state index contributed by atoms with van der Waals surface area (Å²) in [6, 6.07) is 8.07. The van der Waals surface area contributed by atoms with E-state index >= 15 is 0 Å². The molecule has 0 unspecified atom stereocenters.